The zero-order valence-electron chi connectivity index (χ0n) is 11.2. The maximum absolute atomic E-state index is 4.36. The van der Waals surface area contributed by atoms with E-state index in [-0.39, 0.29) is 0 Å². The molecule has 1 heterocycles. The molecule has 3 atom stereocenters. The van der Waals surface area contributed by atoms with E-state index >= 15 is 0 Å². The summed E-state index contributed by atoms with van der Waals surface area (Å²) in [6.07, 6.45) is 8.06. The van der Waals surface area contributed by atoms with Crippen LogP contribution < -0.4 is 5.32 Å². The van der Waals surface area contributed by atoms with Crippen LogP contribution in [-0.4, -0.2) is 18.6 Å². The van der Waals surface area contributed by atoms with Crippen LogP contribution in [0, 0.1) is 18.8 Å². The van der Waals surface area contributed by atoms with Gasteiger partial charge in [0.1, 0.15) is 0 Å². The first-order chi connectivity index (χ1) is 8.20. The Hall–Kier alpha value is -0.890. The summed E-state index contributed by atoms with van der Waals surface area (Å²) in [5.74, 6) is 2.33. The van der Waals surface area contributed by atoms with E-state index in [9.17, 15) is 0 Å². The summed E-state index contributed by atoms with van der Waals surface area (Å²) in [7, 11) is 2.06. The van der Waals surface area contributed by atoms with Crippen LogP contribution in [0.4, 0.5) is 0 Å². The van der Waals surface area contributed by atoms with Gasteiger partial charge in [-0.2, -0.15) is 0 Å². The Morgan fingerprint density at radius 2 is 2.18 bits per heavy atom. The van der Waals surface area contributed by atoms with Crippen LogP contribution >= 0.6 is 0 Å². The molecule has 0 aliphatic heterocycles. The molecule has 1 N–H and O–H groups in total. The molecular weight excluding hydrogens is 208 g/mol. The summed E-state index contributed by atoms with van der Waals surface area (Å²) in [6.45, 7) is 5.65. The van der Waals surface area contributed by atoms with Crippen LogP contribution in [0.25, 0.3) is 0 Å². The molecule has 0 spiro atoms. The zero-order chi connectivity index (χ0) is 12.3. The van der Waals surface area contributed by atoms with Gasteiger partial charge in [-0.05, 0) is 62.2 Å². The number of pyridine rings is 1. The highest BCUT2D eigenvalue weighted by atomic mass is 14.8. The lowest BCUT2D eigenvalue weighted by Crippen LogP contribution is -2.30. The summed E-state index contributed by atoms with van der Waals surface area (Å²) >= 11 is 0. The Morgan fingerprint density at radius 3 is 2.88 bits per heavy atom. The van der Waals surface area contributed by atoms with Crippen molar-refractivity contribution in [3.63, 3.8) is 0 Å². The van der Waals surface area contributed by atoms with Crippen molar-refractivity contribution in [3.8, 4) is 0 Å². The van der Waals surface area contributed by atoms with Gasteiger partial charge in [-0.15, -0.1) is 0 Å². The molecule has 0 amide bonds. The van der Waals surface area contributed by atoms with E-state index in [4.69, 9.17) is 0 Å². The molecule has 1 saturated carbocycles. The Bertz CT molecular complexity index is 362. The molecule has 1 aliphatic rings. The number of hydrogen-bond donors (Lipinski definition) is 1. The van der Waals surface area contributed by atoms with Crippen LogP contribution in [-0.2, 0) is 0 Å². The number of aryl methyl sites for hydroxylation is 1. The standard InChI is InChI=1S/C15H24N2/c1-11-4-5-13(9-16-3)15(7-11)14-6-12(2)8-17-10-14/h6,8,10-11,13,15-16H,4-5,7,9H2,1-3H3. The lowest BCUT2D eigenvalue weighted by Gasteiger charge is -2.35. The normalized spacial score (nSPS) is 29.2. The molecule has 94 valence electrons. The first kappa shape index (κ1) is 12.6. The predicted molar refractivity (Wildman–Crippen MR) is 72.1 cm³/mol. The number of rotatable bonds is 3. The minimum atomic E-state index is 0.693. The second-order valence-corrected chi connectivity index (χ2v) is 5.64. The highest BCUT2D eigenvalue weighted by Gasteiger charge is 2.29. The minimum Gasteiger partial charge on any atom is -0.319 e. The Kier molecular flexibility index (Phi) is 4.16. The summed E-state index contributed by atoms with van der Waals surface area (Å²) in [4.78, 5) is 4.36. The van der Waals surface area contributed by atoms with Gasteiger partial charge in [-0.3, -0.25) is 4.98 Å². The van der Waals surface area contributed by atoms with E-state index < -0.39 is 0 Å². The summed E-state index contributed by atoms with van der Waals surface area (Å²) < 4.78 is 0. The molecule has 17 heavy (non-hydrogen) atoms. The van der Waals surface area contributed by atoms with Gasteiger partial charge >= 0.3 is 0 Å². The smallest absolute Gasteiger partial charge is 0.0303 e. The van der Waals surface area contributed by atoms with Crippen LogP contribution in [0.1, 0.15) is 43.2 Å². The molecule has 0 aromatic carbocycles. The number of aromatic nitrogens is 1. The Balaban J connectivity index is 2.19. The van der Waals surface area contributed by atoms with Crippen molar-refractivity contribution in [1.82, 2.24) is 10.3 Å². The lowest BCUT2D eigenvalue weighted by atomic mass is 9.72. The van der Waals surface area contributed by atoms with E-state index in [1.807, 2.05) is 6.20 Å². The fourth-order valence-corrected chi connectivity index (χ4v) is 3.14. The van der Waals surface area contributed by atoms with Gasteiger partial charge in [-0.25, -0.2) is 0 Å². The third kappa shape index (κ3) is 3.06. The fraction of sp³-hybridized carbons (Fsp3) is 0.667. The highest BCUT2D eigenvalue weighted by molar-refractivity contribution is 5.22. The predicted octanol–water partition coefficient (Wildman–Crippen LogP) is 3.13. The van der Waals surface area contributed by atoms with E-state index in [0.717, 1.165) is 18.4 Å². The van der Waals surface area contributed by atoms with E-state index in [1.165, 1.54) is 30.4 Å². The van der Waals surface area contributed by atoms with Crippen molar-refractivity contribution in [3.05, 3.63) is 29.6 Å². The topological polar surface area (TPSA) is 24.9 Å². The second kappa shape index (κ2) is 5.63. The summed E-state index contributed by atoms with van der Waals surface area (Å²) in [5, 5.41) is 3.35. The number of hydrogen-bond acceptors (Lipinski definition) is 2. The first-order valence-corrected chi connectivity index (χ1v) is 6.77. The zero-order valence-corrected chi connectivity index (χ0v) is 11.2. The molecule has 1 aliphatic carbocycles. The molecule has 1 fully saturated rings. The number of nitrogens with one attached hydrogen (secondary N) is 1. The van der Waals surface area contributed by atoms with Crippen molar-refractivity contribution in [1.29, 1.82) is 0 Å². The molecule has 0 radical (unpaired) electrons. The molecular formula is C15H24N2. The van der Waals surface area contributed by atoms with Crippen molar-refractivity contribution in [2.24, 2.45) is 11.8 Å². The molecule has 1 aromatic rings. The van der Waals surface area contributed by atoms with Crippen LogP contribution in [0.5, 0.6) is 0 Å². The van der Waals surface area contributed by atoms with E-state index in [1.54, 1.807) is 0 Å². The van der Waals surface area contributed by atoms with Gasteiger partial charge in [-0.1, -0.05) is 19.4 Å². The van der Waals surface area contributed by atoms with Gasteiger partial charge in [0.25, 0.3) is 0 Å². The molecule has 2 rings (SSSR count). The molecule has 0 saturated heterocycles. The van der Waals surface area contributed by atoms with Gasteiger partial charge in [0.2, 0.25) is 0 Å². The van der Waals surface area contributed by atoms with Crippen molar-refractivity contribution in [2.45, 2.75) is 39.0 Å². The summed E-state index contributed by atoms with van der Waals surface area (Å²) in [6, 6.07) is 2.32. The fourth-order valence-electron chi connectivity index (χ4n) is 3.14. The maximum atomic E-state index is 4.36. The third-order valence-electron chi connectivity index (χ3n) is 4.05. The third-order valence-corrected chi connectivity index (χ3v) is 4.05. The quantitative estimate of drug-likeness (QED) is 0.866. The minimum absolute atomic E-state index is 0.693. The van der Waals surface area contributed by atoms with E-state index in [0.29, 0.717) is 5.92 Å². The number of nitrogens with zero attached hydrogens (tertiary/aromatic N) is 1. The average Bonchev–Trinajstić information content (AvgIpc) is 2.32. The van der Waals surface area contributed by atoms with Crippen molar-refractivity contribution in [2.75, 3.05) is 13.6 Å². The van der Waals surface area contributed by atoms with E-state index in [2.05, 4.69) is 43.5 Å². The van der Waals surface area contributed by atoms with Crippen molar-refractivity contribution >= 4 is 0 Å². The highest BCUT2D eigenvalue weighted by Crippen LogP contribution is 2.40. The van der Waals surface area contributed by atoms with Crippen LogP contribution in [0.15, 0.2) is 18.5 Å². The van der Waals surface area contributed by atoms with Crippen LogP contribution in [0.3, 0.4) is 0 Å². The molecule has 2 nitrogen and oxygen atoms in total. The Morgan fingerprint density at radius 1 is 1.35 bits per heavy atom. The van der Waals surface area contributed by atoms with Gasteiger partial charge < -0.3 is 5.32 Å². The molecule has 2 heteroatoms. The van der Waals surface area contributed by atoms with Gasteiger partial charge in [0, 0.05) is 12.4 Å². The lowest BCUT2D eigenvalue weighted by molar-refractivity contribution is 0.244. The van der Waals surface area contributed by atoms with Gasteiger partial charge in [0.05, 0.1) is 0 Å². The van der Waals surface area contributed by atoms with Crippen molar-refractivity contribution < 1.29 is 0 Å². The SMILES string of the molecule is CNCC1CCC(C)CC1c1cncc(C)c1. The maximum Gasteiger partial charge on any atom is 0.0303 e. The molecule has 0 bridgehead atoms. The monoisotopic (exact) mass is 232 g/mol. The summed E-state index contributed by atoms with van der Waals surface area (Å²) in [5.41, 5.74) is 2.72. The first-order valence-electron chi connectivity index (χ1n) is 6.77. The molecule has 1 aromatic heterocycles. The van der Waals surface area contributed by atoms with Gasteiger partial charge in [0.15, 0.2) is 0 Å². The average molecular weight is 232 g/mol. The second-order valence-electron chi connectivity index (χ2n) is 5.64. The van der Waals surface area contributed by atoms with Crippen LogP contribution in [0.2, 0.25) is 0 Å². The largest absolute Gasteiger partial charge is 0.319 e. The molecule has 3 unspecified atom stereocenters. The Labute approximate surface area is 105 Å².